The second-order valence-electron chi connectivity index (χ2n) is 12.3. The highest BCUT2D eigenvalue weighted by molar-refractivity contribution is 5.82. The molecule has 2 fully saturated rings. The topological polar surface area (TPSA) is 119 Å². The second kappa shape index (κ2) is 13.1. The summed E-state index contributed by atoms with van der Waals surface area (Å²) in [6.45, 7) is 6.53. The number of hydrogen-bond acceptors (Lipinski definition) is 8. The summed E-state index contributed by atoms with van der Waals surface area (Å²) < 4.78 is 57.9. The predicted octanol–water partition coefficient (Wildman–Crippen LogP) is 4.23. The van der Waals surface area contributed by atoms with Gasteiger partial charge in [0, 0.05) is 37.1 Å². The summed E-state index contributed by atoms with van der Waals surface area (Å²) in [6.07, 6.45) is -1.72. The first-order valence-corrected chi connectivity index (χ1v) is 14.6. The molecule has 3 heterocycles. The monoisotopic (exact) mass is 613 g/mol. The number of ether oxygens (including phenoxy) is 5. The Morgan fingerprint density at radius 3 is 2.57 bits per heavy atom. The van der Waals surface area contributed by atoms with Crippen LogP contribution in [0.3, 0.4) is 0 Å². The van der Waals surface area contributed by atoms with E-state index in [0.29, 0.717) is 47.6 Å². The molecule has 12 heteroatoms. The molecule has 3 atom stereocenters. The zero-order chi connectivity index (χ0) is 31.6. The van der Waals surface area contributed by atoms with E-state index in [1.807, 2.05) is 6.07 Å². The highest BCUT2D eigenvalue weighted by atomic mass is 19.1. The van der Waals surface area contributed by atoms with Gasteiger partial charge in [-0.15, -0.1) is 0 Å². The number of amides is 2. The van der Waals surface area contributed by atoms with E-state index in [1.165, 1.54) is 30.2 Å². The minimum atomic E-state index is -1.11. The Labute approximate surface area is 255 Å². The van der Waals surface area contributed by atoms with E-state index in [0.717, 1.165) is 0 Å². The van der Waals surface area contributed by atoms with E-state index in [4.69, 9.17) is 23.7 Å². The average molecular weight is 614 g/mol. The van der Waals surface area contributed by atoms with Gasteiger partial charge in [0.1, 0.15) is 35.6 Å². The van der Waals surface area contributed by atoms with Gasteiger partial charge in [-0.2, -0.15) is 5.26 Å². The van der Waals surface area contributed by atoms with E-state index in [9.17, 15) is 19.2 Å². The van der Waals surface area contributed by atoms with Gasteiger partial charge in [0.25, 0.3) is 5.91 Å². The SMILES string of the molecule is CO[C@@H]1CCN(C(=O)OC(C)(C)C)C[C@@H](C(=O)NC(C#N)Cc2cc3c(cc2F)-c2cc(C4COC4)c(F)cc2CO3)OC1. The lowest BCUT2D eigenvalue weighted by Crippen LogP contribution is -2.52. The molecule has 2 aromatic rings. The number of halogens is 2. The van der Waals surface area contributed by atoms with Gasteiger partial charge < -0.3 is 33.9 Å². The molecule has 0 saturated carbocycles. The molecule has 3 aliphatic heterocycles. The van der Waals surface area contributed by atoms with Crippen molar-refractivity contribution in [1.82, 2.24) is 10.2 Å². The van der Waals surface area contributed by atoms with Crippen molar-refractivity contribution in [2.45, 2.75) is 70.0 Å². The van der Waals surface area contributed by atoms with Gasteiger partial charge in [-0.05, 0) is 68.1 Å². The van der Waals surface area contributed by atoms with Gasteiger partial charge in [0.15, 0.2) is 6.10 Å². The van der Waals surface area contributed by atoms with Crippen molar-refractivity contribution in [1.29, 1.82) is 5.26 Å². The lowest BCUT2D eigenvalue weighted by atomic mass is 9.88. The molecule has 2 amide bonds. The number of fused-ring (bicyclic) bond motifs is 3. The molecule has 10 nitrogen and oxygen atoms in total. The van der Waals surface area contributed by atoms with Gasteiger partial charge >= 0.3 is 6.09 Å². The standard InChI is InChI=1S/C32H37F2N3O7/c1-32(2,3)44-31(39)37-6-5-22(40-4)17-43-29(13-37)30(38)36-21(12-35)7-18-9-28-25(11-26(18)33)23-10-24(20-14-41-15-20)27(34)8-19(23)16-42-28/h8-11,20-22,29H,5-7,13-17H2,1-4H3,(H,36,38)/t21?,22-,29+/m1/s1. The van der Waals surface area contributed by atoms with E-state index in [1.54, 1.807) is 26.8 Å². The van der Waals surface area contributed by atoms with E-state index in [-0.39, 0.29) is 56.1 Å². The largest absolute Gasteiger partial charge is 0.488 e. The van der Waals surface area contributed by atoms with Crippen LogP contribution < -0.4 is 10.1 Å². The van der Waals surface area contributed by atoms with E-state index in [2.05, 4.69) is 5.32 Å². The third kappa shape index (κ3) is 7.12. The zero-order valence-electron chi connectivity index (χ0n) is 25.3. The molecule has 0 aromatic heterocycles. The van der Waals surface area contributed by atoms with E-state index < -0.39 is 35.6 Å². The van der Waals surface area contributed by atoms with Crippen LogP contribution in [0.4, 0.5) is 13.6 Å². The van der Waals surface area contributed by atoms with Crippen LogP contribution in [-0.2, 0) is 36.8 Å². The molecule has 3 aliphatic rings. The maximum absolute atomic E-state index is 15.5. The van der Waals surface area contributed by atoms with Gasteiger partial charge in [-0.1, -0.05) is 0 Å². The first-order valence-electron chi connectivity index (χ1n) is 14.6. The van der Waals surface area contributed by atoms with Gasteiger partial charge in [0.05, 0.1) is 38.5 Å². The molecule has 0 radical (unpaired) electrons. The number of carbonyl (C=O) groups excluding carboxylic acids is 2. The van der Waals surface area contributed by atoms with Gasteiger partial charge in [-0.3, -0.25) is 4.79 Å². The van der Waals surface area contributed by atoms with Crippen molar-refractivity contribution in [3.63, 3.8) is 0 Å². The molecule has 5 rings (SSSR count). The van der Waals surface area contributed by atoms with Crippen molar-refractivity contribution in [2.75, 3.05) is 40.0 Å². The molecule has 44 heavy (non-hydrogen) atoms. The van der Waals surface area contributed by atoms with Crippen LogP contribution in [0, 0.1) is 23.0 Å². The molecule has 0 aliphatic carbocycles. The maximum atomic E-state index is 15.5. The minimum Gasteiger partial charge on any atom is -0.488 e. The third-order valence-corrected chi connectivity index (χ3v) is 7.89. The smallest absolute Gasteiger partial charge is 0.410 e. The minimum absolute atomic E-state index is 0.0471. The van der Waals surface area contributed by atoms with Crippen molar-refractivity contribution in [3.8, 4) is 22.9 Å². The summed E-state index contributed by atoms with van der Waals surface area (Å²) in [5, 5.41) is 12.5. The van der Waals surface area contributed by atoms with Crippen molar-refractivity contribution < 1.29 is 42.1 Å². The molecule has 1 unspecified atom stereocenters. The van der Waals surface area contributed by atoms with Crippen LogP contribution in [0.1, 0.15) is 49.8 Å². The number of methoxy groups -OCH3 is 1. The Morgan fingerprint density at radius 1 is 1.14 bits per heavy atom. The van der Waals surface area contributed by atoms with Crippen LogP contribution in [0.2, 0.25) is 0 Å². The number of carbonyl (C=O) groups is 2. The normalized spacial score (nSPS) is 20.9. The summed E-state index contributed by atoms with van der Waals surface area (Å²) in [6, 6.07) is 6.91. The van der Waals surface area contributed by atoms with Crippen molar-refractivity contribution in [3.05, 3.63) is 52.6 Å². The molecule has 236 valence electrons. The molecule has 0 bridgehead atoms. The first-order chi connectivity index (χ1) is 21.0. The Hall–Kier alpha value is -3.79. The van der Waals surface area contributed by atoms with Crippen LogP contribution in [0.25, 0.3) is 11.1 Å². The summed E-state index contributed by atoms with van der Waals surface area (Å²) in [7, 11) is 1.52. The predicted molar refractivity (Wildman–Crippen MR) is 154 cm³/mol. The molecular weight excluding hydrogens is 576 g/mol. The average Bonchev–Trinajstić information content (AvgIpc) is 2.92. The van der Waals surface area contributed by atoms with Crippen molar-refractivity contribution in [2.24, 2.45) is 0 Å². The Bertz CT molecular complexity index is 1450. The number of nitriles is 1. The summed E-state index contributed by atoms with van der Waals surface area (Å²) in [5.41, 5.74) is 1.75. The number of benzene rings is 2. The zero-order valence-corrected chi connectivity index (χ0v) is 25.3. The Morgan fingerprint density at radius 2 is 1.91 bits per heavy atom. The van der Waals surface area contributed by atoms with Crippen molar-refractivity contribution >= 4 is 12.0 Å². The third-order valence-electron chi connectivity index (χ3n) is 7.89. The first kappa shape index (κ1) is 31.6. The lowest BCUT2D eigenvalue weighted by Gasteiger charge is -2.33. The molecule has 0 spiro atoms. The molecular formula is C32H37F2N3O7. The summed E-state index contributed by atoms with van der Waals surface area (Å²) in [4.78, 5) is 27.5. The Balaban J connectivity index is 1.31. The summed E-state index contributed by atoms with van der Waals surface area (Å²) in [5.74, 6) is -1.20. The van der Waals surface area contributed by atoms with E-state index >= 15 is 4.39 Å². The number of rotatable bonds is 6. The van der Waals surface area contributed by atoms with Crippen LogP contribution in [-0.4, -0.2) is 80.8 Å². The fraction of sp³-hybridized carbons (Fsp3) is 0.531. The lowest BCUT2D eigenvalue weighted by molar-refractivity contribution is -0.139. The molecule has 2 aromatic carbocycles. The second-order valence-corrected chi connectivity index (χ2v) is 12.3. The summed E-state index contributed by atoms with van der Waals surface area (Å²) >= 11 is 0. The Kier molecular flexibility index (Phi) is 9.39. The van der Waals surface area contributed by atoms with Gasteiger partial charge in [0.2, 0.25) is 0 Å². The highest BCUT2D eigenvalue weighted by Crippen LogP contribution is 2.42. The number of hydrogen-bond donors (Lipinski definition) is 1. The quantitative estimate of drug-likeness (QED) is 0.514. The van der Waals surface area contributed by atoms with Crippen LogP contribution in [0.5, 0.6) is 5.75 Å². The van der Waals surface area contributed by atoms with Crippen LogP contribution >= 0.6 is 0 Å². The number of nitrogens with zero attached hydrogens (tertiary/aromatic N) is 2. The van der Waals surface area contributed by atoms with Gasteiger partial charge in [-0.25, -0.2) is 13.6 Å². The maximum Gasteiger partial charge on any atom is 0.410 e. The highest BCUT2D eigenvalue weighted by Gasteiger charge is 2.33. The number of nitrogens with one attached hydrogen (secondary N) is 1. The fourth-order valence-corrected chi connectivity index (χ4v) is 5.37. The fourth-order valence-electron chi connectivity index (χ4n) is 5.37. The van der Waals surface area contributed by atoms with Crippen LogP contribution in [0.15, 0.2) is 24.3 Å². The molecule has 2 saturated heterocycles. The molecule has 1 N–H and O–H groups in total.